The zero-order chi connectivity index (χ0) is 14.5. The molecule has 1 aromatic carbocycles. The smallest absolute Gasteiger partial charge is 0.264 e. The molecule has 1 saturated heterocycles. The van der Waals surface area contributed by atoms with E-state index in [1.807, 2.05) is 0 Å². The zero-order valence-corrected chi connectivity index (χ0v) is 12.3. The van der Waals surface area contributed by atoms with Gasteiger partial charge in [0.05, 0.1) is 22.2 Å². The number of carbonyl (C=O) groups is 2. The topological polar surface area (TPSA) is 62.1 Å². The predicted molar refractivity (Wildman–Crippen MR) is 75.4 cm³/mol. The lowest BCUT2D eigenvalue weighted by Gasteiger charge is -2.18. The molecule has 2 aliphatic rings. The van der Waals surface area contributed by atoms with E-state index in [1.165, 1.54) is 12.1 Å². The highest BCUT2D eigenvalue weighted by molar-refractivity contribution is 6.42. The van der Waals surface area contributed by atoms with Crippen LogP contribution in [0.25, 0.3) is 0 Å². The average molecular weight is 333 g/mol. The summed E-state index contributed by atoms with van der Waals surface area (Å²) in [5, 5.41) is 8.30. The van der Waals surface area contributed by atoms with Crippen LogP contribution in [-0.4, -0.2) is 22.9 Å². The normalized spacial score (nSPS) is 28.9. The Bertz CT molecular complexity index is 649. The molecule has 2 atom stereocenters. The van der Waals surface area contributed by atoms with Crippen LogP contribution in [0.5, 0.6) is 0 Å². The van der Waals surface area contributed by atoms with E-state index in [2.05, 4.69) is 10.2 Å². The second-order valence-corrected chi connectivity index (χ2v) is 6.01. The van der Waals surface area contributed by atoms with E-state index in [4.69, 9.17) is 34.8 Å². The van der Waals surface area contributed by atoms with Crippen LogP contribution >= 0.6 is 34.8 Å². The van der Waals surface area contributed by atoms with Gasteiger partial charge in [0, 0.05) is 6.42 Å². The summed E-state index contributed by atoms with van der Waals surface area (Å²) in [5.41, 5.74) is -1.35. The van der Waals surface area contributed by atoms with Crippen LogP contribution in [0.3, 0.4) is 0 Å². The summed E-state index contributed by atoms with van der Waals surface area (Å²) >= 11 is 17.6. The Labute approximate surface area is 129 Å². The molecule has 104 valence electrons. The molecule has 1 spiro atoms. The van der Waals surface area contributed by atoms with E-state index < -0.39 is 16.9 Å². The number of hydrogen-bond acceptors (Lipinski definition) is 4. The fraction of sp³-hybridized carbons (Fsp3) is 0.333. The second kappa shape index (κ2) is 4.69. The average Bonchev–Trinajstić information content (AvgIpc) is 2.86. The van der Waals surface area contributed by atoms with Crippen molar-refractivity contribution in [2.45, 2.75) is 23.9 Å². The van der Waals surface area contributed by atoms with Crippen LogP contribution in [-0.2, 0) is 9.59 Å². The van der Waals surface area contributed by atoms with Gasteiger partial charge >= 0.3 is 0 Å². The predicted octanol–water partition coefficient (Wildman–Crippen LogP) is 3.42. The Balaban J connectivity index is 1.99. The van der Waals surface area contributed by atoms with E-state index in [0.29, 0.717) is 10.7 Å². The maximum absolute atomic E-state index is 12.5. The Kier molecular flexibility index (Phi) is 3.23. The molecule has 8 heteroatoms. The minimum atomic E-state index is -1.16. The third-order valence-corrected chi connectivity index (χ3v) is 4.32. The molecular formula is C12H8Cl3N3O2. The standard InChI is InChI=1S/C12H8Cl3N3O2/c13-7-2-1-6(3-8(7)14)18-10(19)5-12(11(18)20)4-9(15)16-17-12/h1-3,9H,4-5H2/t9-,12-/m0/s1. The van der Waals surface area contributed by atoms with Crippen molar-refractivity contribution in [2.24, 2.45) is 10.2 Å². The summed E-state index contributed by atoms with van der Waals surface area (Å²) in [6, 6.07) is 4.57. The largest absolute Gasteiger partial charge is 0.274 e. The van der Waals surface area contributed by atoms with Crippen LogP contribution in [0.4, 0.5) is 5.69 Å². The summed E-state index contributed by atoms with van der Waals surface area (Å²) in [6.45, 7) is 0. The zero-order valence-electron chi connectivity index (χ0n) is 10.0. The van der Waals surface area contributed by atoms with E-state index >= 15 is 0 Å². The first kappa shape index (κ1) is 13.8. The van der Waals surface area contributed by atoms with Crippen molar-refractivity contribution in [3.05, 3.63) is 28.2 Å². The molecule has 2 heterocycles. The highest BCUT2D eigenvalue weighted by Crippen LogP contribution is 2.41. The molecule has 0 N–H and O–H groups in total. The monoisotopic (exact) mass is 331 g/mol. The van der Waals surface area contributed by atoms with Crippen molar-refractivity contribution >= 4 is 52.3 Å². The summed E-state index contributed by atoms with van der Waals surface area (Å²) in [4.78, 5) is 25.7. The number of benzene rings is 1. The number of azo groups is 1. The van der Waals surface area contributed by atoms with Gasteiger partial charge in [-0.1, -0.05) is 34.8 Å². The number of halogens is 3. The number of rotatable bonds is 1. The van der Waals surface area contributed by atoms with Crippen LogP contribution in [0.2, 0.25) is 10.0 Å². The van der Waals surface area contributed by atoms with Crippen molar-refractivity contribution in [1.82, 2.24) is 0 Å². The van der Waals surface area contributed by atoms with E-state index in [-0.39, 0.29) is 23.8 Å². The number of carbonyl (C=O) groups excluding carboxylic acids is 2. The molecule has 0 bridgehead atoms. The van der Waals surface area contributed by atoms with Crippen LogP contribution < -0.4 is 4.90 Å². The maximum atomic E-state index is 12.5. The van der Waals surface area contributed by atoms with Gasteiger partial charge in [0.25, 0.3) is 5.91 Å². The highest BCUT2D eigenvalue weighted by atomic mass is 35.5. The second-order valence-electron chi connectivity index (χ2n) is 4.70. The van der Waals surface area contributed by atoms with Gasteiger partial charge in [-0.3, -0.25) is 9.59 Å². The molecule has 20 heavy (non-hydrogen) atoms. The van der Waals surface area contributed by atoms with Gasteiger partial charge in [0.1, 0.15) is 5.50 Å². The number of alkyl halides is 1. The summed E-state index contributed by atoms with van der Waals surface area (Å²) in [7, 11) is 0. The third-order valence-electron chi connectivity index (χ3n) is 3.34. The van der Waals surface area contributed by atoms with Gasteiger partial charge < -0.3 is 0 Å². The SMILES string of the molecule is O=C1C[C@@]2(C[C@@H](Cl)N=N2)C(=O)N1c1ccc(Cl)c(Cl)c1. The van der Waals surface area contributed by atoms with Crippen LogP contribution in [0, 0.1) is 0 Å². The molecule has 0 radical (unpaired) electrons. The summed E-state index contributed by atoms with van der Waals surface area (Å²) in [5.74, 6) is -0.772. The van der Waals surface area contributed by atoms with Gasteiger partial charge in [-0.2, -0.15) is 10.2 Å². The van der Waals surface area contributed by atoms with E-state index in [0.717, 1.165) is 4.90 Å². The van der Waals surface area contributed by atoms with Gasteiger partial charge in [-0.15, -0.1) is 0 Å². The molecule has 1 aromatic rings. The summed E-state index contributed by atoms with van der Waals surface area (Å²) < 4.78 is 0. The number of imide groups is 1. The molecule has 0 aromatic heterocycles. The fourth-order valence-electron chi connectivity index (χ4n) is 2.38. The summed E-state index contributed by atoms with van der Waals surface area (Å²) in [6.07, 6.45) is 0.204. The Morgan fingerprint density at radius 1 is 1.25 bits per heavy atom. The number of amides is 2. The van der Waals surface area contributed by atoms with Crippen molar-refractivity contribution in [3.8, 4) is 0 Å². The molecule has 0 unspecified atom stereocenters. The first-order valence-electron chi connectivity index (χ1n) is 5.81. The van der Waals surface area contributed by atoms with Crippen LogP contribution in [0.15, 0.2) is 28.4 Å². The van der Waals surface area contributed by atoms with Gasteiger partial charge in [-0.25, -0.2) is 4.90 Å². The van der Waals surface area contributed by atoms with Crippen LogP contribution in [0.1, 0.15) is 12.8 Å². The quantitative estimate of drug-likeness (QED) is 0.449. The van der Waals surface area contributed by atoms with Gasteiger partial charge in [0.15, 0.2) is 5.54 Å². The van der Waals surface area contributed by atoms with Crippen molar-refractivity contribution in [1.29, 1.82) is 0 Å². The maximum Gasteiger partial charge on any atom is 0.264 e. The Morgan fingerprint density at radius 2 is 2.00 bits per heavy atom. The molecule has 2 amide bonds. The minimum Gasteiger partial charge on any atom is -0.274 e. The molecule has 0 saturated carbocycles. The number of hydrogen-bond donors (Lipinski definition) is 0. The van der Waals surface area contributed by atoms with Crippen molar-refractivity contribution in [2.75, 3.05) is 4.90 Å². The molecule has 2 aliphatic heterocycles. The van der Waals surface area contributed by atoms with E-state index in [1.54, 1.807) is 6.07 Å². The van der Waals surface area contributed by atoms with Crippen molar-refractivity contribution in [3.63, 3.8) is 0 Å². The molecule has 3 rings (SSSR count). The lowest BCUT2D eigenvalue weighted by molar-refractivity contribution is -0.122. The first-order valence-corrected chi connectivity index (χ1v) is 7.01. The highest BCUT2D eigenvalue weighted by Gasteiger charge is 2.56. The minimum absolute atomic E-state index is 0.0290. The molecule has 1 fully saturated rings. The first-order chi connectivity index (χ1) is 9.43. The van der Waals surface area contributed by atoms with Gasteiger partial charge in [0.2, 0.25) is 5.91 Å². The molecule has 0 aliphatic carbocycles. The van der Waals surface area contributed by atoms with Crippen molar-refractivity contribution < 1.29 is 9.59 Å². The number of anilines is 1. The van der Waals surface area contributed by atoms with E-state index in [9.17, 15) is 9.59 Å². The number of nitrogens with zero attached hydrogens (tertiary/aromatic N) is 3. The molecule has 5 nitrogen and oxygen atoms in total. The molecular weight excluding hydrogens is 325 g/mol. The lowest BCUT2D eigenvalue weighted by atomic mass is 9.95. The third kappa shape index (κ3) is 2.01. The van der Waals surface area contributed by atoms with Gasteiger partial charge in [-0.05, 0) is 18.2 Å². The Morgan fingerprint density at radius 3 is 2.60 bits per heavy atom. The Hall–Kier alpha value is -1.17. The lowest BCUT2D eigenvalue weighted by Crippen LogP contribution is -2.38. The fourth-order valence-corrected chi connectivity index (χ4v) is 2.97.